The second-order valence-electron chi connectivity index (χ2n) is 34.6. The first-order valence-electron chi connectivity index (χ1n) is 45.7. The molecular weight excluding hydrogens is 1680 g/mol. The van der Waals surface area contributed by atoms with Crippen LogP contribution >= 0.6 is 0 Å². The SMILES string of the molecule is c1ccc(-c2ccc(-c3ccc4c(c3)c3c5ccccc5ccc3n4-c3cc4cccnc4c4ncccc34)cn2)nc1.c1ccc2c(-c3ccc(-c4ccc5c(c4)c4c6ccccc6ccc4n5-c4cc5cccnc5c5ncccc45)nc3)nccc2c1.c1ccc2nc(-c3ccc(-c4ccc5c(c4)c4c6ccccc6ccc4n5-c4cc5cccnc5c5ncccc45)nc3)ccc2c1. The van der Waals surface area contributed by atoms with E-state index in [-0.39, 0.29) is 0 Å². The molecule has 15 heterocycles. The lowest BCUT2D eigenvalue weighted by Crippen LogP contribution is -1.97. The summed E-state index contributed by atoms with van der Waals surface area (Å²) in [6.45, 7) is 0. The van der Waals surface area contributed by atoms with Gasteiger partial charge in [-0.3, -0.25) is 54.8 Å². The molecule has 0 aliphatic rings. The second kappa shape index (κ2) is 32.0. The Balaban J connectivity index is 0.000000104. The molecule has 0 unspecified atom stereocenters. The molecule has 0 saturated carbocycles. The molecule has 636 valence electrons. The van der Waals surface area contributed by atoms with Crippen LogP contribution in [0.1, 0.15) is 0 Å². The highest BCUT2D eigenvalue weighted by Crippen LogP contribution is 2.47. The van der Waals surface area contributed by atoms with Crippen LogP contribution in [0.4, 0.5) is 0 Å². The Bertz CT molecular complexity index is 10000. The van der Waals surface area contributed by atoms with E-state index in [1.165, 1.54) is 70.0 Å². The van der Waals surface area contributed by atoms with Crippen LogP contribution in [-0.2, 0) is 0 Å². The molecule has 0 aliphatic heterocycles. The Labute approximate surface area is 782 Å². The zero-order chi connectivity index (χ0) is 90.1. The number of fused-ring (bicyclic) bond motifs is 26. The highest BCUT2D eigenvalue weighted by molar-refractivity contribution is 6.26. The summed E-state index contributed by atoms with van der Waals surface area (Å²) in [5, 5.41) is 24.4. The third-order valence-corrected chi connectivity index (χ3v) is 27.0. The van der Waals surface area contributed by atoms with Crippen molar-refractivity contribution >= 4 is 185 Å². The number of nitrogens with zero attached hydrogens (tertiary/aromatic N) is 15. The molecule has 137 heavy (non-hydrogen) atoms. The standard InChI is InChI=1S/2C42H25N5.C38H23N5/c1-3-10-31-26(7-1)15-20-38-40(31)33-23-28(34-17-14-30(25-45-34)36-18-13-27-8-2-4-12-35(27)46-36)16-19-37(33)47(38)39-24-29-9-5-21-43-41(29)42-32(39)11-6-22-44-42;1-3-10-31-26(7-1)14-18-37-39(31)34-23-28(35-16-13-30(25-46-35)40-32-11-4-2-8-27(32)19-22-45-40)15-17-36(34)47(37)38-24-29-9-5-20-43-41(29)42-33(38)12-6-21-44-42;1-2-9-28-24(7-1)13-17-34-36(28)30-21-25(27-12-15-32(42-23-27)31-11-3-4-18-39-31)14-16-33(30)43(34)35-22-26-8-5-19-40-37(26)38-29(35)10-6-20-41-38/h2*1-25H;1-23H. The van der Waals surface area contributed by atoms with E-state index in [1.54, 1.807) is 6.20 Å². The number of para-hydroxylation sites is 1. The van der Waals surface area contributed by atoms with Gasteiger partial charge in [-0.15, -0.1) is 0 Å². The van der Waals surface area contributed by atoms with Crippen molar-refractivity contribution in [3.63, 3.8) is 0 Å². The molecule has 0 fully saturated rings. The van der Waals surface area contributed by atoms with Gasteiger partial charge in [0.05, 0.1) is 123 Å². The topological polar surface area (TPSA) is 169 Å². The first-order valence-corrected chi connectivity index (χ1v) is 45.7. The van der Waals surface area contributed by atoms with E-state index in [9.17, 15) is 0 Å². The monoisotopic (exact) mass is 1750 g/mol. The van der Waals surface area contributed by atoms with Crippen LogP contribution in [0.25, 0.3) is 269 Å². The predicted octanol–water partition coefficient (Wildman–Crippen LogP) is 29.8. The fourth-order valence-electron chi connectivity index (χ4n) is 20.7. The number of pyridine rings is 12. The van der Waals surface area contributed by atoms with Crippen LogP contribution in [0.2, 0.25) is 0 Å². The van der Waals surface area contributed by atoms with Crippen molar-refractivity contribution in [1.29, 1.82) is 0 Å². The summed E-state index contributed by atoms with van der Waals surface area (Å²) in [6, 6.07) is 132. The van der Waals surface area contributed by atoms with Gasteiger partial charge in [0.2, 0.25) is 0 Å². The molecule has 29 rings (SSSR count). The largest absolute Gasteiger partial charge is 0.309 e. The molecule has 0 aliphatic carbocycles. The van der Waals surface area contributed by atoms with Gasteiger partial charge in [0.25, 0.3) is 0 Å². The zero-order valence-corrected chi connectivity index (χ0v) is 73.4. The number of hydrogen-bond acceptors (Lipinski definition) is 12. The summed E-state index contributed by atoms with van der Waals surface area (Å²) in [7, 11) is 0. The third-order valence-electron chi connectivity index (χ3n) is 27.0. The Kier molecular flexibility index (Phi) is 18.2. The van der Waals surface area contributed by atoms with Crippen LogP contribution in [-0.4, -0.2) is 73.5 Å². The Hall–Kier alpha value is -18.9. The molecule has 0 spiro atoms. The van der Waals surface area contributed by atoms with Gasteiger partial charge in [-0.2, -0.15) is 0 Å². The quantitative estimate of drug-likeness (QED) is 0.126. The third kappa shape index (κ3) is 13.0. The Morgan fingerprint density at radius 2 is 0.496 bits per heavy atom. The highest BCUT2D eigenvalue weighted by Gasteiger charge is 2.25. The summed E-state index contributed by atoms with van der Waals surface area (Å²) < 4.78 is 7.17. The average Bonchev–Trinajstić information content (AvgIpc) is 1.57. The van der Waals surface area contributed by atoms with Gasteiger partial charge in [-0.25, -0.2) is 4.98 Å². The molecule has 0 N–H and O–H groups in total. The van der Waals surface area contributed by atoms with Crippen LogP contribution in [0.3, 0.4) is 0 Å². The lowest BCUT2D eigenvalue weighted by molar-refractivity contribution is 1.20. The number of aromatic nitrogens is 15. The van der Waals surface area contributed by atoms with Gasteiger partial charge in [0.1, 0.15) is 0 Å². The normalized spacial score (nSPS) is 11.8. The van der Waals surface area contributed by atoms with Crippen LogP contribution in [0, 0.1) is 0 Å². The lowest BCUT2D eigenvalue weighted by atomic mass is 10.0. The summed E-state index contributed by atoms with van der Waals surface area (Å²) in [6.07, 6.45) is 20.5. The maximum absolute atomic E-state index is 4.96. The second-order valence-corrected chi connectivity index (χ2v) is 34.6. The van der Waals surface area contributed by atoms with Gasteiger partial charge in [0.15, 0.2) is 0 Å². The molecule has 15 aromatic heterocycles. The first-order chi connectivity index (χ1) is 67.9. The van der Waals surface area contributed by atoms with Crippen molar-refractivity contribution in [1.82, 2.24) is 73.5 Å². The van der Waals surface area contributed by atoms with Crippen molar-refractivity contribution in [2.45, 2.75) is 0 Å². The van der Waals surface area contributed by atoms with E-state index in [2.05, 4.69) is 315 Å². The summed E-state index contributed by atoms with van der Waals surface area (Å²) in [5.74, 6) is 0. The maximum atomic E-state index is 4.96. The molecule has 15 heteroatoms. The fourth-order valence-corrected chi connectivity index (χ4v) is 20.7. The van der Waals surface area contributed by atoms with Crippen LogP contribution in [0.5, 0.6) is 0 Å². The van der Waals surface area contributed by atoms with Crippen molar-refractivity contribution in [3.05, 3.63) is 444 Å². The Morgan fingerprint density at radius 1 is 0.161 bits per heavy atom. The van der Waals surface area contributed by atoms with E-state index in [0.29, 0.717) is 0 Å². The molecule has 0 amide bonds. The van der Waals surface area contributed by atoms with Crippen LogP contribution < -0.4 is 0 Å². The summed E-state index contributed by atoms with van der Waals surface area (Å²) in [5.41, 5.74) is 28.3. The van der Waals surface area contributed by atoms with Gasteiger partial charge >= 0.3 is 0 Å². The maximum Gasteiger partial charge on any atom is 0.0985 e. The zero-order valence-electron chi connectivity index (χ0n) is 73.4. The minimum Gasteiger partial charge on any atom is -0.309 e. The molecule has 14 aromatic carbocycles. The Morgan fingerprint density at radius 3 is 0.956 bits per heavy atom. The van der Waals surface area contributed by atoms with E-state index < -0.39 is 0 Å². The fraction of sp³-hybridized carbons (Fsp3) is 0. The minimum atomic E-state index is 0.860. The molecule has 0 radical (unpaired) electrons. The van der Waals surface area contributed by atoms with Gasteiger partial charge < -0.3 is 13.7 Å². The van der Waals surface area contributed by atoms with E-state index >= 15 is 0 Å². The lowest BCUT2D eigenvalue weighted by Gasteiger charge is -2.13. The van der Waals surface area contributed by atoms with Gasteiger partial charge in [-0.1, -0.05) is 188 Å². The van der Waals surface area contributed by atoms with E-state index in [4.69, 9.17) is 49.8 Å². The number of benzene rings is 14. The summed E-state index contributed by atoms with van der Waals surface area (Å²) in [4.78, 5) is 57.1. The van der Waals surface area contributed by atoms with Crippen molar-refractivity contribution in [3.8, 4) is 84.6 Å². The summed E-state index contributed by atoms with van der Waals surface area (Å²) >= 11 is 0. The van der Waals surface area contributed by atoms with Crippen molar-refractivity contribution in [2.24, 2.45) is 0 Å². The molecular formula is C122H73N15. The smallest absolute Gasteiger partial charge is 0.0985 e. The van der Waals surface area contributed by atoms with E-state index in [0.717, 1.165) is 199 Å². The minimum absolute atomic E-state index is 0.860. The number of hydrogen-bond donors (Lipinski definition) is 0. The highest BCUT2D eigenvalue weighted by atomic mass is 15.0. The van der Waals surface area contributed by atoms with E-state index in [1.807, 2.05) is 147 Å². The molecule has 29 aromatic rings. The van der Waals surface area contributed by atoms with Gasteiger partial charge in [0, 0.05) is 171 Å². The first kappa shape index (κ1) is 78.0. The van der Waals surface area contributed by atoms with Crippen molar-refractivity contribution in [2.75, 3.05) is 0 Å². The predicted molar refractivity (Wildman–Crippen MR) is 561 cm³/mol. The van der Waals surface area contributed by atoms with Crippen molar-refractivity contribution < 1.29 is 0 Å². The molecule has 0 atom stereocenters. The average molecular weight is 1750 g/mol. The van der Waals surface area contributed by atoms with Gasteiger partial charge in [-0.05, 0) is 231 Å². The number of rotatable bonds is 9. The molecule has 0 bridgehead atoms. The molecule has 0 saturated heterocycles. The molecule has 15 nitrogen and oxygen atoms in total. The van der Waals surface area contributed by atoms with Crippen LogP contribution in [0.15, 0.2) is 444 Å².